The maximum absolute atomic E-state index is 12.2. The number of rotatable bonds is 5. The lowest BCUT2D eigenvalue weighted by Gasteiger charge is -2.10. The SMILES string of the molecule is COc1ccc(-c2cc(=O)[nH]c(Nc3ccc(OC(F)(F)F)cc3)n2)cc1. The summed E-state index contributed by atoms with van der Waals surface area (Å²) in [6.07, 6.45) is -4.76. The number of ether oxygens (including phenoxy) is 2. The molecule has 0 fully saturated rings. The van der Waals surface area contributed by atoms with Crippen molar-refractivity contribution in [2.75, 3.05) is 12.4 Å². The number of aromatic nitrogens is 2. The number of hydrogen-bond acceptors (Lipinski definition) is 5. The van der Waals surface area contributed by atoms with Gasteiger partial charge in [0.25, 0.3) is 5.56 Å². The van der Waals surface area contributed by atoms with Gasteiger partial charge < -0.3 is 14.8 Å². The molecule has 0 aliphatic carbocycles. The Morgan fingerprint density at radius 2 is 1.63 bits per heavy atom. The van der Waals surface area contributed by atoms with E-state index in [4.69, 9.17) is 4.74 Å². The van der Waals surface area contributed by atoms with Gasteiger partial charge in [-0.1, -0.05) is 0 Å². The van der Waals surface area contributed by atoms with Crippen LogP contribution in [0.2, 0.25) is 0 Å². The summed E-state index contributed by atoms with van der Waals surface area (Å²) in [7, 11) is 1.55. The van der Waals surface area contributed by atoms with Crippen molar-refractivity contribution in [2.24, 2.45) is 0 Å². The summed E-state index contributed by atoms with van der Waals surface area (Å²) in [5.74, 6) is 0.474. The highest BCUT2D eigenvalue weighted by Gasteiger charge is 2.30. The van der Waals surface area contributed by atoms with Gasteiger partial charge in [-0.15, -0.1) is 13.2 Å². The third kappa shape index (κ3) is 5.00. The first-order chi connectivity index (χ1) is 12.8. The van der Waals surface area contributed by atoms with Crippen LogP contribution in [-0.4, -0.2) is 23.4 Å². The van der Waals surface area contributed by atoms with Crippen LogP contribution in [0.4, 0.5) is 24.8 Å². The van der Waals surface area contributed by atoms with Gasteiger partial charge in [-0.25, -0.2) is 4.98 Å². The molecular formula is C18H14F3N3O3. The Bertz CT molecular complexity index is 968. The molecule has 1 aromatic heterocycles. The normalized spacial score (nSPS) is 11.1. The van der Waals surface area contributed by atoms with E-state index in [1.165, 1.54) is 18.2 Å². The number of methoxy groups -OCH3 is 1. The second-order valence-electron chi connectivity index (χ2n) is 5.40. The number of alkyl halides is 3. The van der Waals surface area contributed by atoms with Gasteiger partial charge in [0.2, 0.25) is 5.95 Å². The third-order valence-corrected chi connectivity index (χ3v) is 3.48. The minimum Gasteiger partial charge on any atom is -0.497 e. The smallest absolute Gasteiger partial charge is 0.497 e. The first-order valence-electron chi connectivity index (χ1n) is 7.71. The Labute approximate surface area is 151 Å². The van der Waals surface area contributed by atoms with Gasteiger partial charge in [0.1, 0.15) is 11.5 Å². The molecule has 0 unspecified atom stereocenters. The highest BCUT2D eigenvalue weighted by atomic mass is 19.4. The Morgan fingerprint density at radius 1 is 1.00 bits per heavy atom. The van der Waals surface area contributed by atoms with Crippen LogP contribution >= 0.6 is 0 Å². The van der Waals surface area contributed by atoms with Gasteiger partial charge >= 0.3 is 6.36 Å². The molecule has 2 aromatic carbocycles. The fourth-order valence-corrected chi connectivity index (χ4v) is 2.30. The summed E-state index contributed by atoms with van der Waals surface area (Å²) in [5, 5.41) is 2.84. The number of benzene rings is 2. The molecule has 0 atom stereocenters. The van der Waals surface area contributed by atoms with Gasteiger partial charge in [-0.05, 0) is 48.5 Å². The largest absolute Gasteiger partial charge is 0.573 e. The number of nitrogens with zero attached hydrogens (tertiary/aromatic N) is 1. The molecule has 0 radical (unpaired) electrons. The van der Waals surface area contributed by atoms with E-state index in [1.807, 2.05) is 0 Å². The predicted molar refractivity (Wildman–Crippen MR) is 93.3 cm³/mol. The number of hydrogen-bond donors (Lipinski definition) is 2. The van der Waals surface area contributed by atoms with Crippen molar-refractivity contribution in [2.45, 2.75) is 6.36 Å². The summed E-state index contributed by atoms with van der Waals surface area (Å²) in [4.78, 5) is 18.7. The number of H-pyrrole nitrogens is 1. The summed E-state index contributed by atoms with van der Waals surface area (Å²) in [6.45, 7) is 0. The minimum absolute atomic E-state index is 0.151. The van der Waals surface area contributed by atoms with Crippen LogP contribution in [0.15, 0.2) is 59.4 Å². The molecule has 1 heterocycles. The summed E-state index contributed by atoms with van der Waals surface area (Å²) < 4.78 is 45.5. The fourth-order valence-electron chi connectivity index (χ4n) is 2.30. The highest BCUT2D eigenvalue weighted by Crippen LogP contribution is 2.25. The highest BCUT2D eigenvalue weighted by molar-refractivity contribution is 5.62. The molecule has 6 nitrogen and oxygen atoms in total. The lowest BCUT2D eigenvalue weighted by atomic mass is 10.1. The second kappa shape index (κ2) is 7.40. The molecule has 140 valence electrons. The van der Waals surface area contributed by atoms with Gasteiger partial charge in [0.15, 0.2) is 0 Å². The number of nitrogens with one attached hydrogen (secondary N) is 2. The van der Waals surface area contributed by atoms with Crippen molar-refractivity contribution in [1.29, 1.82) is 0 Å². The summed E-state index contributed by atoms with van der Waals surface area (Å²) >= 11 is 0. The van der Waals surface area contributed by atoms with Gasteiger partial charge in [0, 0.05) is 17.3 Å². The number of aromatic amines is 1. The molecule has 2 N–H and O–H groups in total. The van der Waals surface area contributed by atoms with E-state index < -0.39 is 6.36 Å². The fraction of sp³-hybridized carbons (Fsp3) is 0.111. The zero-order valence-corrected chi connectivity index (χ0v) is 14.0. The molecule has 0 saturated carbocycles. The lowest BCUT2D eigenvalue weighted by Crippen LogP contribution is -2.17. The molecule has 0 aliphatic heterocycles. The second-order valence-corrected chi connectivity index (χ2v) is 5.40. The predicted octanol–water partition coefficient (Wildman–Crippen LogP) is 4.09. The minimum atomic E-state index is -4.76. The Morgan fingerprint density at radius 3 is 2.22 bits per heavy atom. The average Bonchev–Trinajstić information content (AvgIpc) is 2.62. The van der Waals surface area contributed by atoms with Crippen LogP contribution in [0.3, 0.4) is 0 Å². The Hall–Kier alpha value is -3.49. The van der Waals surface area contributed by atoms with Crippen molar-refractivity contribution in [1.82, 2.24) is 9.97 Å². The lowest BCUT2D eigenvalue weighted by molar-refractivity contribution is -0.274. The molecule has 0 saturated heterocycles. The quantitative estimate of drug-likeness (QED) is 0.701. The Kier molecular flexibility index (Phi) is 5.02. The molecular weight excluding hydrogens is 363 g/mol. The number of anilines is 2. The molecule has 3 aromatic rings. The average molecular weight is 377 g/mol. The number of halogens is 3. The van der Waals surface area contributed by atoms with Crippen molar-refractivity contribution < 1.29 is 22.6 Å². The van der Waals surface area contributed by atoms with E-state index in [0.717, 1.165) is 12.1 Å². The molecule has 27 heavy (non-hydrogen) atoms. The van der Waals surface area contributed by atoms with Crippen molar-refractivity contribution in [3.05, 3.63) is 65.0 Å². The zero-order valence-electron chi connectivity index (χ0n) is 14.0. The van der Waals surface area contributed by atoms with Gasteiger partial charge in [0.05, 0.1) is 12.8 Å². The molecule has 0 aliphatic rings. The van der Waals surface area contributed by atoms with E-state index in [-0.39, 0.29) is 17.3 Å². The van der Waals surface area contributed by atoms with Crippen LogP contribution in [0.25, 0.3) is 11.3 Å². The van der Waals surface area contributed by atoms with Crippen LogP contribution in [0.5, 0.6) is 11.5 Å². The molecule has 0 bridgehead atoms. The summed E-state index contributed by atoms with van der Waals surface area (Å²) in [5.41, 5.74) is 1.19. The zero-order chi connectivity index (χ0) is 19.4. The van der Waals surface area contributed by atoms with Gasteiger partial charge in [-0.2, -0.15) is 0 Å². The summed E-state index contributed by atoms with van der Waals surface area (Å²) in [6, 6.07) is 13.4. The molecule has 0 amide bonds. The maximum Gasteiger partial charge on any atom is 0.573 e. The molecule has 9 heteroatoms. The van der Waals surface area contributed by atoms with Crippen LogP contribution in [0, 0.1) is 0 Å². The van der Waals surface area contributed by atoms with E-state index in [2.05, 4.69) is 20.0 Å². The van der Waals surface area contributed by atoms with E-state index in [1.54, 1.807) is 31.4 Å². The van der Waals surface area contributed by atoms with E-state index in [0.29, 0.717) is 22.7 Å². The molecule has 0 spiro atoms. The van der Waals surface area contributed by atoms with Crippen molar-refractivity contribution in [3.8, 4) is 22.8 Å². The first-order valence-corrected chi connectivity index (χ1v) is 7.71. The van der Waals surface area contributed by atoms with E-state index >= 15 is 0 Å². The maximum atomic E-state index is 12.2. The van der Waals surface area contributed by atoms with Gasteiger partial charge in [-0.3, -0.25) is 9.78 Å². The van der Waals surface area contributed by atoms with Crippen LogP contribution in [-0.2, 0) is 0 Å². The monoisotopic (exact) mass is 377 g/mol. The topological polar surface area (TPSA) is 76.2 Å². The van der Waals surface area contributed by atoms with E-state index in [9.17, 15) is 18.0 Å². The standard InChI is InChI=1S/C18H14F3N3O3/c1-26-13-6-2-11(3-7-13)15-10-16(25)24-17(23-15)22-12-4-8-14(9-5-12)27-18(19,20)21/h2-10H,1H3,(H2,22,23,24,25). The van der Waals surface area contributed by atoms with Crippen molar-refractivity contribution >= 4 is 11.6 Å². The third-order valence-electron chi connectivity index (χ3n) is 3.48. The van der Waals surface area contributed by atoms with Crippen molar-refractivity contribution in [3.63, 3.8) is 0 Å². The first kappa shape index (κ1) is 18.3. The molecule has 3 rings (SSSR count). The van der Waals surface area contributed by atoms with Crippen LogP contribution in [0.1, 0.15) is 0 Å². The van der Waals surface area contributed by atoms with Crippen LogP contribution < -0.4 is 20.3 Å². The Balaban J connectivity index is 1.81.